The molecule has 0 aliphatic rings. The van der Waals surface area contributed by atoms with Gasteiger partial charge in [-0.25, -0.2) is 0 Å². The van der Waals surface area contributed by atoms with E-state index in [2.05, 4.69) is 41.8 Å². The summed E-state index contributed by atoms with van der Waals surface area (Å²) in [5.74, 6) is -0.499. The number of aromatic nitrogens is 4. The zero-order valence-electron chi connectivity index (χ0n) is 12.8. The van der Waals surface area contributed by atoms with E-state index in [4.69, 9.17) is 8.94 Å². The zero-order valence-corrected chi connectivity index (χ0v) is 14.4. The molecule has 0 unspecified atom stereocenters. The first kappa shape index (κ1) is 16.9. The molecule has 2 N–H and O–H groups in total. The number of furan rings is 1. The van der Waals surface area contributed by atoms with Crippen molar-refractivity contribution in [3.63, 3.8) is 0 Å². The lowest BCUT2D eigenvalue weighted by Crippen LogP contribution is -2.34. The van der Waals surface area contributed by atoms with Gasteiger partial charge in [-0.3, -0.25) is 14.3 Å². The molecule has 0 aliphatic heterocycles. The van der Waals surface area contributed by atoms with Crippen LogP contribution in [0.25, 0.3) is 0 Å². The van der Waals surface area contributed by atoms with Gasteiger partial charge in [-0.05, 0) is 28.1 Å². The van der Waals surface area contributed by atoms with Crippen LogP contribution in [-0.4, -0.2) is 44.8 Å². The minimum Gasteiger partial charge on any atom is -0.459 e. The van der Waals surface area contributed by atoms with Gasteiger partial charge in [-0.1, -0.05) is 5.16 Å². The molecule has 0 aromatic carbocycles. The molecule has 0 saturated heterocycles. The Morgan fingerprint density at radius 3 is 2.72 bits per heavy atom. The molecule has 3 aromatic heterocycles. The molecule has 11 heteroatoms. The molecule has 0 atom stereocenters. The first-order valence-electron chi connectivity index (χ1n) is 7.22. The lowest BCUT2D eigenvalue weighted by Gasteiger charge is -2.03. The van der Waals surface area contributed by atoms with Crippen LogP contribution >= 0.6 is 15.9 Å². The topological polar surface area (TPSA) is 128 Å². The predicted octanol–water partition coefficient (Wildman–Crippen LogP) is 0.830. The third kappa shape index (κ3) is 4.53. The van der Waals surface area contributed by atoms with Gasteiger partial charge in [-0.15, -0.1) is 0 Å². The zero-order chi connectivity index (χ0) is 17.6. The summed E-state index contributed by atoms with van der Waals surface area (Å²) in [7, 11) is 0. The third-order valence-corrected chi connectivity index (χ3v) is 3.42. The highest BCUT2D eigenvalue weighted by Crippen LogP contribution is 2.07. The van der Waals surface area contributed by atoms with Crippen molar-refractivity contribution < 1.29 is 18.5 Å². The Labute approximate surface area is 149 Å². The molecule has 10 nitrogen and oxygen atoms in total. The van der Waals surface area contributed by atoms with Crippen molar-refractivity contribution in [2.24, 2.45) is 0 Å². The van der Waals surface area contributed by atoms with Crippen LogP contribution in [0.15, 0.2) is 44.2 Å². The smallest absolute Gasteiger partial charge is 0.316 e. The summed E-state index contributed by atoms with van der Waals surface area (Å²) in [6.45, 7) is 0.713. The second-order valence-corrected chi connectivity index (χ2v) is 5.78. The third-order valence-electron chi connectivity index (χ3n) is 3.01. The quantitative estimate of drug-likeness (QED) is 0.553. The standard InChI is InChI=1S/C14H13BrN6O4/c15-9-6-18-21(7-9)8-11-19-14(25-20-11)13(23)17-4-3-16-12(22)10-2-1-5-24-10/h1-2,5-7H,3-4,8H2,(H,16,22)(H,17,23). The number of nitrogens with zero attached hydrogens (tertiary/aromatic N) is 4. The van der Waals surface area contributed by atoms with Crippen LogP contribution in [0.1, 0.15) is 27.1 Å². The Bertz CT molecular complexity index is 856. The van der Waals surface area contributed by atoms with E-state index in [1.807, 2.05) is 0 Å². The number of nitrogens with one attached hydrogen (secondary N) is 2. The Balaban J connectivity index is 1.43. The van der Waals surface area contributed by atoms with Gasteiger partial charge < -0.3 is 19.6 Å². The summed E-state index contributed by atoms with van der Waals surface area (Å²) >= 11 is 3.28. The fraction of sp³-hybridized carbons (Fsp3) is 0.214. The van der Waals surface area contributed by atoms with Crippen molar-refractivity contribution in [2.45, 2.75) is 6.54 Å². The number of carbonyl (C=O) groups is 2. The molecule has 130 valence electrons. The molecule has 25 heavy (non-hydrogen) atoms. The highest BCUT2D eigenvalue weighted by Gasteiger charge is 2.15. The van der Waals surface area contributed by atoms with Crippen molar-refractivity contribution in [1.29, 1.82) is 0 Å². The number of carbonyl (C=O) groups excluding carboxylic acids is 2. The molecule has 0 aliphatic carbocycles. The molecule has 3 aromatic rings. The molecular formula is C14H13BrN6O4. The summed E-state index contributed by atoms with van der Waals surface area (Å²) in [6.07, 6.45) is 4.79. The van der Waals surface area contributed by atoms with Gasteiger partial charge in [0, 0.05) is 19.3 Å². The number of hydrogen-bond acceptors (Lipinski definition) is 7. The van der Waals surface area contributed by atoms with Crippen molar-refractivity contribution >= 4 is 27.7 Å². The van der Waals surface area contributed by atoms with Gasteiger partial charge in [0.25, 0.3) is 5.91 Å². The first-order chi connectivity index (χ1) is 12.1. The maximum Gasteiger partial charge on any atom is 0.316 e. The van der Waals surface area contributed by atoms with Crippen LogP contribution in [0.4, 0.5) is 0 Å². The minimum absolute atomic E-state index is 0.154. The monoisotopic (exact) mass is 408 g/mol. The van der Waals surface area contributed by atoms with Gasteiger partial charge in [0.1, 0.15) is 6.54 Å². The largest absolute Gasteiger partial charge is 0.459 e. The molecule has 0 spiro atoms. The highest BCUT2D eigenvalue weighted by molar-refractivity contribution is 9.10. The Morgan fingerprint density at radius 1 is 1.24 bits per heavy atom. The number of halogens is 1. The SMILES string of the molecule is O=C(NCCNC(=O)c1nc(Cn2cc(Br)cn2)no1)c1ccco1. The normalized spacial score (nSPS) is 10.6. The van der Waals surface area contributed by atoms with E-state index >= 15 is 0 Å². The van der Waals surface area contributed by atoms with Crippen molar-refractivity contribution in [2.75, 3.05) is 13.1 Å². The van der Waals surface area contributed by atoms with Crippen LogP contribution in [0.2, 0.25) is 0 Å². The van der Waals surface area contributed by atoms with Crippen LogP contribution in [0.5, 0.6) is 0 Å². The first-order valence-corrected chi connectivity index (χ1v) is 8.01. The van der Waals surface area contributed by atoms with E-state index in [0.29, 0.717) is 5.82 Å². The van der Waals surface area contributed by atoms with E-state index in [9.17, 15) is 9.59 Å². The van der Waals surface area contributed by atoms with Crippen molar-refractivity contribution in [3.05, 3.63) is 52.7 Å². The maximum absolute atomic E-state index is 11.9. The Hall–Kier alpha value is -2.95. The van der Waals surface area contributed by atoms with Crippen LogP contribution in [0.3, 0.4) is 0 Å². The van der Waals surface area contributed by atoms with Gasteiger partial charge >= 0.3 is 11.8 Å². The number of amides is 2. The predicted molar refractivity (Wildman–Crippen MR) is 86.7 cm³/mol. The van der Waals surface area contributed by atoms with Crippen LogP contribution in [-0.2, 0) is 6.54 Å². The average molecular weight is 409 g/mol. The second-order valence-electron chi connectivity index (χ2n) is 4.86. The lowest BCUT2D eigenvalue weighted by atomic mass is 10.4. The van der Waals surface area contributed by atoms with E-state index in [0.717, 1.165) is 4.47 Å². The Kier molecular flexibility index (Phi) is 5.23. The molecule has 3 rings (SSSR count). The molecule has 2 amide bonds. The average Bonchev–Trinajstić information content (AvgIpc) is 3.33. The van der Waals surface area contributed by atoms with E-state index in [-0.39, 0.29) is 37.2 Å². The fourth-order valence-corrected chi connectivity index (χ4v) is 2.23. The minimum atomic E-state index is -0.521. The molecule has 3 heterocycles. The van der Waals surface area contributed by atoms with Crippen LogP contribution in [0, 0.1) is 0 Å². The molecule has 0 fully saturated rings. The summed E-state index contributed by atoms with van der Waals surface area (Å²) < 4.78 is 12.3. The van der Waals surface area contributed by atoms with E-state index < -0.39 is 5.91 Å². The van der Waals surface area contributed by atoms with Crippen LogP contribution < -0.4 is 10.6 Å². The number of rotatable bonds is 7. The van der Waals surface area contributed by atoms with Crippen molar-refractivity contribution in [3.8, 4) is 0 Å². The summed E-state index contributed by atoms with van der Waals surface area (Å²) in [4.78, 5) is 27.5. The summed E-state index contributed by atoms with van der Waals surface area (Å²) in [5.41, 5.74) is 0. The van der Waals surface area contributed by atoms with Crippen molar-refractivity contribution in [1.82, 2.24) is 30.6 Å². The van der Waals surface area contributed by atoms with Gasteiger partial charge in [0.05, 0.1) is 16.9 Å². The Morgan fingerprint density at radius 2 is 2.04 bits per heavy atom. The maximum atomic E-state index is 11.9. The second kappa shape index (κ2) is 7.75. The summed E-state index contributed by atoms with van der Waals surface area (Å²) in [6, 6.07) is 3.16. The fourth-order valence-electron chi connectivity index (χ4n) is 1.90. The summed E-state index contributed by atoms with van der Waals surface area (Å²) in [5, 5.41) is 13.0. The molecule has 0 radical (unpaired) electrons. The van der Waals surface area contributed by atoms with E-state index in [1.165, 1.54) is 6.26 Å². The molecule has 0 bridgehead atoms. The number of hydrogen-bond donors (Lipinski definition) is 2. The van der Waals surface area contributed by atoms with Gasteiger partial charge in [0.2, 0.25) is 0 Å². The molecule has 0 saturated carbocycles. The van der Waals surface area contributed by atoms with E-state index in [1.54, 1.807) is 29.2 Å². The lowest BCUT2D eigenvalue weighted by molar-refractivity contribution is 0.0891. The van der Waals surface area contributed by atoms with Gasteiger partial charge in [-0.2, -0.15) is 10.1 Å². The van der Waals surface area contributed by atoms with Gasteiger partial charge in [0.15, 0.2) is 11.6 Å². The highest BCUT2D eigenvalue weighted by atomic mass is 79.9. The molecular weight excluding hydrogens is 396 g/mol.